The lowest BCUT2D eigenvalue weighted by atomic mass is 10.1. The fourth-order valence-electron chi connectivity index (χ4n) is 2.58. The lowest BCUT2D eigenvalue weighted by Crippen LogP contribution is -2.42. The molecule has 6 heteroatoms. The standard InChI is InChI=1S/C21H20O6/c1-24-19-13-12-17(27-21(23)16-10-6-3-7-11-16)18(26-19)14-25-20(22)15-8-4-2-5-9-15/h2-13,17-19H,14H2,1H3/t17-,18-,19+/m1/s1. The summed E-state index contributed by atoms with van der Waals surface area (Å²) < 4.78 is 21.7. The molecule has 0 saturated heterocycles. The Bertz CT molecular complexity index is 787. The average molecular weight is 368 g/mol. The van der Waals surface area contributed by atoms with E-state index in [1.54, 1.807) is 60.7 Å². The first-order chi connectivity index (χ1) is 13.2. The third-order valence-electron chi connectivity index (χ3n) is 4.01. The van der Waals surface area contributed by atoms with Gasteiger partial charge < -0.3 is 18.9 Å². The second-order valence-corrected chi connectivity index (χ2v) is 5.86. The fraction of sp³-hybridized carbons (Fsp3) is 0.238. The average Bonchev–Trinajstić information content (AvgIpc) is 2.74. The van der Waals surface area contributed by atoms with E-state index in [4.69, 9.17) is 18.9 Å². The van der Waals surface area contributed by atoms with Crippen LogP contribution in [0.2, 0.25) is 0 Å². The van der Waals surface area contributed by atoms with Gasteiger partial charge in [0.1, 0.15) is 12.7 Å². The molecule has 27 heavy (non-hydrogen) atoms. The molecule has 0 bridgehead atoms. The van der Waals surface area contributed by atoms with Crippen molar-refractivity contribution < 1.29 is 28.5 Å². The minimum atomic E-state index is -0.701. The molecule has 2 aromatic carbocycles. The van der Waals surface area contributed by atoms with Crippen LogP contribution >= 0.6 is 0 Å². The van der Waals surface area contributed by atoms with Crippen molar-refractivity contribution in [3.05, 3.63) is 83.9 Å². The lowest BCUT2D eigenvalue weighted by molar-refractivity contribution is -0.169. The Morgan fingerprint density at radius 1 is 0.889 bits per heavy atom. The second-order valence-electron chi connectivity index (χ2n) is 5.86. The highest BCUT2D eigenvalue weighted by Gasteiger charge is 2.31. The van der Waals surface area contributed by atoms with E-state index in [1.165, 1.54) is 7.11 Å². The van der Waals surface area contributed by atoms with Gasteiger partial charge in [0.25, 0.3) is 0 Å². The van der Waals surface area contributed by atoms with Gasteiger partial charge in [-0.2, -0.15) is 0 Å². The summed E-state index contributed by atoms with van der Waals surface area (Å²) in [5.41, 5.74) is 0.866. The van der Waals surface area contributed by atoms with Crippen LogP contribution in [0.5, 0.6) is 0 Å². The molecular formula is C21H20O6. The van der Waals surface area contributed by atoms with Crippen molar-refractivity contribution >= 4 is 11.9 Å². The normalized spacial score (nSPS) is 21.4. The summed E-state index contributed by atoms with van der Waals surface area (Å²) in [5.74, 6) is -0.958. The van der Waals surface area contributed by atoms with Gasteiger partial charge in [-0.25, -0.2) is 9.59 Å². The third kappa shape index (κ3) is 5.03. The van der Waals surface area contributed by atoms with E-state index in [1.807, 2.05) is 12.1 Å². The Hall–Kier alpha value is -2.96. The molecule has 1 aliphatic rings. The number of hydrogen-bond acceptors (Lipinski definition) is 6. The molecule has 3 atom stereocenters. The molecule has 3 rings (SSSR count). The van der Waals surface area contributed by atoms with Gasteiger partial charge in [-0.3, -0.25) is 0 Å². The second kappa shape index (κ2) is 9.12. The summed E-state index contributed by atoms with van der Waals surface area (Å²) in [5, 5.41) is 0. The molecule has 140 valence electrons. The zero-order chi connectivity index (χ0) is 19.1. The van der Waals surface area contributed by atoms with E-state index >= 15 is 0 Å². The van der Waals surface area contributed by atoms with E-state index in [9.17, 15) is 9.59 Å². The van der Waals surface area contributed by atoms with Gasteiger partial charge in [-0.1, -0.05) is 36.4 Å². The van der Waals surface area contributed by atoms with Crippen LogP contribution < -0.4 is 0 Å². The van der Waals surface area contributed by atoms with Gasteiger partial charge in [0.2, 0.25) is 0 Å². The molecule has 0 unspecified atom stereocenters. The minimum Gasteiger partial charge on any atom is -0.459 e. The zero-order valence-corrected chi connectivity index (χ0v) is 14.8. The third-order valence-corrected chi connectivity index (χ3v) is 4.01. The Morgan fingerprint density at radius 2 is 1.48 bits per heavy atom. The van der Waals surface area contributed by atoms with Crippen molar-refractivity contribution in [3.8, 4) is 0 Å². The first-order valence-electron chi connectivity index (χ1n) is 8.52. The lowest BCUT2D eigenvalue weighted by Gasteiger charge is -2.31. The van der Waals surface area contributed by atoms with E-state index < -0.39 is 30.4 Å². The van der Waals surface area contributed by atoms with Crippen LogP contribution in [0.1, 0.15) is 20.7 Å². The van der Waals surface area contributed by atoms with Crippen molar-refractivity contribution in [1.29, 1.82) is 0 Å². The smallest absolute Gasteiger partial charge is 0.338 e. The maximum Gasteiger partial charge on any atom is 0.338 e. The predicted octanol–water partition coefficient (Wildman–Crippen LogP) is 3.00. The van der Waals surface area contributed by atoms with Crippen LogP contribution in [0.3, 0.4) is 0 Å². The van der Waals surface area contributed by atoms with E-state index in [2.05, 4.69) is 0 Å². The van der Waals surface area contributed by atoms with Crippen LogP contribution in [0, 0.1) is 0 Å². The van der Waals surface area contributed by atoms with Crippen LogP contribution in [0.25, 0.3) is 0 Å². The quantitative estimate of drug-likeness (QED) is 0.577. The summed E-state index contributed by atoms with van der Waals surface area (Å²) in [6.45, 7) is -0.0787. The molecule has 1 heterocycles. The van der Waals surface area contributed by atoms with Crippen molar-refractivity contribution in [2.75, 3.05) is 13.7 Å². The highest BCUT2D eigenvalue weighted by molar-refractivity contribution is 5.90. The number of hydrogen-bond donors (Lipinski definition) is 0. The molecule has 6 nitrogen and oxygen atoms in total. The molecule has 0 amide bonds. The maximum atomic E-state index is 12.3. The topological polar surface area (TPSA) is 71.1 Å². The molecule has 0 saturated carbocycles. The Labute approximate surface area is 157 Å². The summed E-state index contributed by atoms with van der Waals surface area (Å²) in [7, 11) is 1.50. The largest absolute Gasteiger partial charge is 0.459 e. The number of methoxy groups -OCH3 is 1. The van der Waals surface area contributed by atoms with Crippen LogP contribution in [-0.4, -0.2) is 44.2 Å². The number of benzene rings is 2. The van der Waals surface area contributed by atoms with Gasteiger partial charge in [0.15, 0.2) is 12.4 Å². The molecule has 1 aliphatic heterocycles. The molecule has 2 aromatic rings. The van der Waals surface area contributed by atoms with Gasteiger partial charge >= 0.3 is 11.9 Å². The van der Waals surface area contributed by atoms with Crippen molar-refractivity contribution in [1.82, 2.24) is 0 Å². The fourth-order valence-corrected chi connectivity index (χ4v) is 2.58. The van der Waals surface area contributed by atoms with Gasteiger partial charge in [-0.15, -0.1) is 0 Å². The van der Waals surface area contributed by atoms with Gasteiger partial charge in [-0.05, 0) is 36.4 Å². The Balaban J connectivity index is 1.65. The first kappa shape index (κ1) is 18.8. The maximum absolute atomic E-state index is 12.3. The zero-order valence-electron chi connectivity index (χ0n) is 14.8. The van der Waals surface area contributed by atoms with Crippen LogP contribution in [-0.2, 0) is 18.9 Å². The predicted molar refractivity (Wildman–Crippen MR) is 97.2 cm³/mol. The first-order valence-corrected chi connectivity index (χ1v) is 8.52. The molecule has 0 aromatic heterocycles. The summed E-state index contributed by atoms with van der Waals surface area (Å²) in [6, 6.07) is 17.3. The van der Waals surface area contributed by atoms with E-state index in [-0.39, 0.29) is 6.61 Å². The van der Waals surface area contributed by atoms with Crippen molar-refractivity contribution in [3.63, 3.8) is 0 Å². The van der Waals surface area contributed by atoms with Gasteiger partial charge in [0.05, 0.1) is 11.1 Å². The van der Waals surface area contributed by atoms with Gasteiger partial charge in [0, 0.05) is 7.11 Å². The van der Waals surface area contributed by atoms with E-state index in [0.29, 0.717) is 11.1 Å². The molecule has 0 N–H and O–H groups in total. The SMILES string of the molecule is CO[C@@H]1C=C[C@@H](OC(=O)c2ccccc2)[C@@H](COC(=O)c2ccccc2)O1. The highest BCUT2D eigenvalue weighted by atomic mass is 16.7. The number of carbonyl (C=O) groups excluding carboxylic acids is 2. The number of esters is 2. The monoisotopic (exact) mass is 368 g/mol. The number of ether oxygens (including phenoxy) is 4. The van der Waals surface area contributed by atoms with Crippen molar-refractivity contribution in [2.24, 2.45) is 0 Å². The van der Waals surface area contributed by atoms with Crippen LogP contribution in [0.15, 0.2) is 72.8 Å². The molecule has 0 radical (unpaired) electrons. The van der Waals surface area contributed by atoms with Crippen molar-refractivity contribution in [2.45, 2.75) is 18.5 Å². The number of carbonyl (C=O) groups is 2. The molecule has 0 aliphatic carbocycles. The Kier molecular flexibility index (Phi) is 6.35. The Morgan fingerprint density at radius 3 is 2.07 bits per heavy atom. The summed E-state index contributed by atoms with van der Waals surface area (Å²) >= 11 is 0. The summed E-state index contributed by atoms with van der Waals surface area (Å²) in [6.07, 6.45) is 1.35. The molecule has 0 fully saturated rings. The molecular weight excluding hydrogens is 348 g/mol. The van der Waals surface area contributed by atoms with E-state index in [0.717, 1.165) is 0 Å². The molecule has 0 spiro atoms. The minimum absolute atomic E-state index is 0.0787. The number of rotatable bonds is 6. The van der Waals surface area contributed by atoms with Crippen LogP contribution in [0.4, 0.5) is 0 Å². The summed E-state index contributed by atoms with van der Waals surface area (Å²) in [4.78, 5) is 24.5. The highest BCUT2D eigenvalue weighted by Crippen LogP contribution is 2.19.